The van der Waals surface area contributed by atoms with E-state index in [0.29, 0.717) is 18.5 Å². The Morgan fingerprint density at radius 2 is 1.91 bits per heavy atom. The molecule has 0 spiro atoms. The first-order valence-electron chi connectivity index (χ1n) is 7.64. The number of benzene rings is 2. The maximum absolute atomic E-state index is 9.64. The van der Waals surface area contributed by atoms with Gasteiger partial charge in [0.15, 0.2) is 0 Å². The molecule has 3 aromatic rings. The van der Waals surface area contributed by atoms with Crippen LogP contribution < -0.4 is 5.32 Å². The number of rotatable bonds is 2. The Hall–Kier alpha value is -2.68. The second kappa shape index (κ2) is 5.51. The number of hydrogen-bond acceptors (Lipinski definition) is 4. The molecule has 1 aromatic heterocycles. The molecule has 0 amide bonds. The highest BCUT2D eigenvalue weighted by Gasteiger charge is 2.25. The summed E-state index contributed by atoms with van der Waals surface area (Å²) in [6.07, 6.45) is 0.380. The Kier molecular flexibility index (Phi) is 3.34. The molecule has 1 aliphatic rings. The van der Waals surface area contributed by atoms with Crippen molar-refractivity contribution in [3.63, 3.8) is 0 Å². The smallest absolute Gasteiger partial charge is 0.124 e. The van der Waals surface area contributed by atoms with Crippen molar-refractivity contribution in [2.24, 2.45) is 0 Å². The fourth-order valence-electron chi connectivity index (χ4n) is 3.04. The van der Waals surface area contributed by atoms with Gasteiger partial charge in [0.2, 0.25) is 0 Å². The van der Waals surface area contributed by atoms with Gasteiger partial charge in [0, 0.05) is 6.54 Å². The van der Waals surface area contributed by atoms with Crippen LogP contribution in [0.4, 0.5) is 0 Å². The van der Waals surface area contributed by atoms with E-state index >= 15 is 0 Å². The Bertz CT molecular complexity index is 892. The Morgan fingerprint density at radius 3 is 2.61 bits per heavy atom. The molecule has 4 rings (SSSR count). The summed E-state index contributed by atoms with van der Waals surface area (Å²) in [7, 11) is 0. The monoisotopic (exact) mass is 304 g/mol. The molecule has 2 heterocycles. The van der Waals surface area contributed by atoms with E-state index in [-0.39, 0.29) is 12.1 Å². The highest BCUT2D eigenvalue weighted by molar-refractivity contribution is 5.82. The molecule has 0 unspecified atom stereocenters. The number of aromatic nitrogens is 2. The van der Waals surface area contributed by atoms with E-state index < -0.39 is 0 Å². The van der Waals surface area contributed by atoms with Gasteiger partial charge in [-0.1, -0.05) is 18.2 Å². The maximum Gasteiger partial charge on any atom is 0.124 e. The molecule has 114 valence electrons. The predicted octanol–water partition coefficient (Wildman–Crippen LogP) is 2.50. The number of nitrogens with one attached hydrogen (secondary N) is 2. The largest absolute Gasteiger partial charge is 0.392 e. The van der Waals surface area contributed by atoms with E-state index in [9.17, 15) is 5.11 Å². The number of H-pyrrole nitrogens is 1. The van der Waals surface area contributed by atoms with Crippen LogP contribution in [0.15, 0.2) is 42.5 Å². The van der Waals surface area contributed by atoms with Crippen molar-refractivity contribution in [1.82, 2.24) is 15.3 Å². The van der Waals surface area contributed by atoms with Gasteiger partial charge >= 0.3 is 0 Å². The molecule has 1 saturated heterocycles. The van der Waals surface area contributed by atoms with Gasteiger partial charge in [-0.2, -0.15) is 5.26 Å². The summed E-state index contributed by atoms with van der Waals surface area (Å²) < 4.78 is 0. The fourth-order valence-corrected chi connectivity index (χ4v) is 3.04. The molecule has 0 aliphatic carbocycles. The van der Waals surface area contributed by atoms with Crippen molar-refractivity contribution in [2.75, 3.05) is 6.54 Å². The van der Waals surface area contributed by atoms with E-state index in [1.54, 1.807) is 0 Å². The number of aliphatic hydroxyl groups is 1. The Labute approximate surface area is 133 Å². The third kappa shape index (κ3) is 2.59. The molecule has 0 radical (unpaired) electrons. The van der Waals surface area contributed by atoms with Crippen LogP contribution in [-0.4, -0.2) is 27.7 Å². The lowest BCUT2D eigenvalue weighted by Gasteiger charge is -2.04. The van der Waals surface area contributed by atoms with Crippen LogP contribution in [0.3, 0.4) is 0 Å². The summed E-state index contributed by atoms with van der Waals surface area (Å²) in [5.74, 6) is 0.869. The minimum atomic E-state index is -0.303. The molecular weight excluding hydrogens is 288 g/mol. The predicted molar refractivity (Wildman–Crippen MR) is 87.6 cm³/mol. The van der Waals surface area contributed by atoms with Crippen LogP contribution in [0.25, 0.3) is 22.2 Å². The topological polar surface area (TPSA) is 84.7 Å². The van der Waals surface area contributed by atoms with Gasteiger partial charge in [-0.25, -0.2) is 4.98 Å². The third-order valence-corrected chi connectivity index (χ3v) is 4.29. The van der Waals surface area contributed by atoms with Crippen LogP contribution in [0.2, 0.25) is 0 Å². The molecule has 0 saturated carbocycles. The first kappa shape index (κ1) is 13.9. The van der Waals surface area contributed by atoms with E-state index in [4.69, 9.17) is 5.26 Å². The molecule has 0 bridgehead atoms. The van der Waals surface area contributed by atoms with E-state index in [2.05, 4.69) is 27.4 Å². The second-order valence-electron chi connectivity index (χ2n) is 5.89. The first-order chi connectivity index (χ1) is 11.2. The summed E-state index contributed by atoms with van der Waals surface area (Å²) >= 11 is 0. The molecule has 1 aliphatic heterocycles. The highest BCUT2D eigenvalue weighted by Crippen LogP contribution is 2.27. The van der Waals surface area contributed by atoms with Gasteiger partial charge in [0.05, 0.1) is 34.8 Å². The summed E-state index contributed by atoms with van der Waals surface area (Å²) in [5.41, 5.74) is 4.70. The van der Waals surface area contributed by atoms with Gasteiger partial charge in [-0.15, -0.1) is 0 Å². The van der Waals surface area contributed by atoms with Crippen LogP contribution in [0.5, 0.6) is 0 Å². The van der Waals surface area contributed by atoms with E-state index in [1.807, 2.05) is 36.4 Å². The average molecular weight is 304 g/mol. The number of nitrogens with zero attached hydrogens (tertiary/aromatic N) is 2. The molecule has 5 heteroatoms. The van der Waals surface area contributed by atoms with Crippen molar-refractivity contribution in [1.29, 1.82) is 5.26 Å². The lowest BCUT2D eigenvalue weighted by atomic mass is 10.0. The SMILES string of the molecule is N#Cc1ccc(-c2ccc3nc([C@@H]4C[C@H](O)CN4)[nH]c3c2)cc1. The van der Waals surface area contributed by atoms with Gasteiger partial charge in [-0.3, -0.25) is 0 Å². The van der Waals surface area contributed by atoms with Gasteiger partial charge in [0.25, 0.3) is 0 Å². The highest BCUT2D eigenvalue weighted by atomic mass is 16.3. The Balaban J connectivity index is 1.68. The Morgan fingerprint density at radius 1 is 1.13 bits per heavy atom. The number of aliphatic hydroxyl groups excluding tert-OH is 1. The summed E-state index contributed by atoms with van der Waals surface area (Å²) in [6, 6.07) is 15.8. The number of hydrogen-bond donors (Lipinski definition) is 3. The molecule has 3 N–H and O–H groups in total. The molecule has 5 nitrogen and oxygen atoms in total. The van der Waals surface area contributed by atoms with E-state index in [0.717, 1.165) is 28.0 Å². The lowest BCUT2D eigenvalue weighted by Crippen LogP contribution is -2.15. The summed E-state index contributed by atoms with van der Waals surface area (Å²) in [6.45, 7) is 0.609. The zero-order valence-corrected chi connectivity index (χ0v) is 12.5. The van der Waals surface area contributed by atoms with Crippen molar-refractivity contribution in [2.45, 2.75) is 18.6 Å². The number of imidazole rings is 1. The van der Waals surface area contributed by atoms with Gasteiger partial charge in [0.1, 0.15) is 5.82 Å². The quantitative estimate of drug-likeness (QED) is 0.679. The first-order valence-corrected chi connectivity index (χ1v) is 7.64. The van der Waals surface area contributed by atoms with Crippen LogP contribution in [0, 0.1) is 11.3 Å². The molecule has 2 aromatic carbocycles. The zero-order valence-electron chi connectivity index (χ0n) is 12.5. The summed E-state index contributed by atoms with van der Waals surface area (Å²) in [5, 5.41) is 21.8. The fraction of sp³-hybridized carbons (Fsp3) is 0.222. The van der Waals surface area contributed by atoms with Crippen molar-refractivity contribution >= 4 is 11.0 Å². The van der Waals surface area contributed by atoms with Crippen molar-refractivity contribution in [3.8, 4) is 17.2 Å². The number of β-amino-alcohol motifs (C(OH)–C–C–N with tert-alkyl or cyclic N) is 1. The molecular formula is C18H16N4O. The average Bonchev–Trinajstić information content (AvgIpc) is 3.20. The van der Waals surface area contributed by atoms with Crippen LogP contribution >= 0.6 is 0 Å². The standard InChI is InChI=1S/C18H16N4O/c19-9-11-1-3-12(4-2-11)13-5-6-15-16(7-13)22-18(21-15)17-8-14(23)10-20-17/h1-7,14,17,20,23H,8,10H2,(H,21,22)/t14-,17-/m0/s1. The van der Waals surface area contributed by atoms with Crippen molar-refractivity contribution in [3.05, 3.63) is 53.9 Å². The van der Waals surface area contributed by atoms with Crippen LogP contribution in [-0.2, 0) is 0 Å². The molecule has 23 heavy (non-hydrogen) atoms. The number of aromatic amines is 1. The normalized spacial score (nSPS) is 20.7. The lowest BCUT2D eigenvalue weighted by molar-refractivity contribution is 0.193. The molecule has 2 atom stereocenters. The van der Waals surface area contributed by atoms with Crippen LogP contribution in [0.1, 0.15) is 23.9 Å². The van der Waals surface area contributed by atoms with Gasteiger partial charge < -0.3 is 15.4 Å². The number of fused-ring (bicyclic) bond motifs is 1. The number of nitriles is 1. The summed E-state index contributed by atoms with van der Waals surface area (Å²) in [4.78, 5) is 7.97. The zero-order chi connectivity index (χ0) is 15.8. The third-order valence-electron chi connectivity index (χ3n) is 4.29. The minimum Gasteiger partial charge on any atom is -0.392 e. The maximum atomic E-state index is 9.64. The molecule has 1 fully saturated rings. The van der Waals surface area contributed by atoms with E-state index in [1.165, 1.54) is 0 Å². The second-order valence-corrected chi connectivity index (χ2v) is 5.89. The van der Waals surface area contributed by atoms with Crippen molar-refractivity contribution < 1.29 is 5.11 Å². The van der Waals surface area contributed by atoms with Gasteiger partial charge in [-0.05, 0) is 41.8 Å². The minimum absolute atomic E-state index is 0.0794.